The molecule has 0 bridgehead atoms. The van der Waals surface area contributed by atoms with E-state index >= 15 is 0 Å². The Bertz CT molecular complexity index is 182. The van der Waals surface area contributed by atoms with Gasteiger partial charge in [-0.3, -0.25) is 4.79 Å². The van der Waals surface area contributed by atoms with E-state index in [0.717, 1.165) is 25.8 Å². The second-order valence-corrected chi connectivity index (χ2v) is 4.78. The van der Waals surface area contributed by atoms with Gasteiger partial charge in [0.2, 0.25) is 0 Å². The van der Waals surface area contributed by atoms with Crippen LogP contribution in [0.4, 0.5) is 4.79 Å². The van der Waals surface area contributed by atoms with Crippen LogP contribution in [0.15, 0.2) is 0 Å². The average molecular weight is 210 g/mol. The number of nitrogens with zero attached hydrogens (tertiary/aromatic N) is 1. The summed E-state index contributed by atoms with van der Waals surface area (Å²) >= 11 is 11.5. The number of alkyl halides is 1. The number of carbonyl (C=O) groups excluding carboxylic acids is 1. The van der Waals surface area contributed by atoms with Crippen molar-refractivity contribution in [2.24, 2.45) is 0 Å². The molecule has 1 atom stereocenters. The molecule has 0 N–H and O–H groups in total. The quantitative estimate of drug-likeness (QED) is 0.342. The van der Waals surface area contributed by atoms with Gasteiger partial charge in [-0.25, -0.2) is 0 Å². The van der Waals surface area contributed by atoms with E-state index in [1.807, 2.05) is 6.92 Å². The largest absolute Gasteiger partial charge is 0.327 e. The maximum absolute atomic E-state index is 10.9. The van der Waals surface area contributed by atoms with Gasteiger partial charge in [0.15, 0.2) is 0 Å². The first-order chi connectivity index (χ1) is 5.51. The van der Waals surface area contributed by atoms with Crippen molar-refractivity contribution in [3.05, 3.63) is 0 Å². The van der Waals surface area contributed by atoms with Crippen LogP contribution >= 0.6 is 23.2 Å². The minimum atomic E-state index is -0.385. The zero-order valence-corrected chi connectivity index (χ0v) is 8.66. The second kappa shape index (κ2) is 3.84. The van der Waals surface area contributed by atoms with Gasteiger partial charge in [-0.05, 0) is 37.8 Å². The highest BCUT2D eigenvalue weighted by atomic mass is 35.5. The van der Waals surface area contributed by atoms with E-state index in [0.29, 0.717) is 6.54 Å². The van der Waals surface area contributed by atoms with Gasteiger partial charge in [0.1, 0.15) is 0 Å². The Morgan fingerprint density at radius 3 is 2.75 bits per heavy atom. The zero-order chi connectivity index (χ0) is 9.19. The molecule has 1 saturated heterocycles. The zero-order valence-electron chi connectivity index (χ0n) is 7.15. The highest BCUT2D eigenvalue weighted by Gasteiger charge is 2.28. The third-order valence-corrected chi connectivity index (χ3v) is 2.69. The van der Waals surface area contributed by atoms with Crippen LogP contribution in [0.25, 0.3) is 0 Å². The summed E-state index contributed by atoms with van der Waals surface area (Å²) in [6, 6.07) is 0. The molecule has 0 aromatic heterocycles. The van der Waals surface area contributed by atoms with Crippen LogP contribution in [-0.2, 0) is 0 Å². The molecule has 70 valence electrons. The van der Waals surface area contributed by atoms with Gasteiger partial charge in [0.25, 0.3) is 0 Å². The molecule has 1 heterocycles. The number of hydrogen-bond donors (Lipinski definition) is 0. The Balaban J connectivity index is 2.60. The van der Waals surface area contributed by atoms with Crippen LogP contribution in [0, 0.1) is 0 Å². The highest BCUT2D eigenvalue weighted by molar-refractivity contribution is 6.62. The summed E-state index contributed by atoms with van der Waals surface area (Å²) in [6.45, 7) is 3.26. The van der Waals surface area contributed by atoms with Crippen molar-refractivity contribution in [1.29, 1.82) is 0 Å². The number of likely N-dealkylation sites (tertiary alicyclic amines) is 1. The molecule has 0 spiro atoms. The van der Waals surface area contributed by atoms with Crippen LogP contribution in [0.1, 0.15) is 26.2 Å². The number of hydrogen-bond acceptors (Lipinski definition) is 1. The molecular weight excluding hydrogens is 197 g/mol. The van der Waals surface area contributed by atoms with Crippen LogP contribution in [0.5, 0.6) is 0 Å². The van der Waals surface area contributed by atoms with Crippen LogP contribution in [0.2, 0.25) is 0 Å². The molecule has 2 nitrogen and oxygen atoms in total. The predicted molar refractivity (Wildman–Crippen MR) is 50.9 cm³/mol. The Hall–Kier alpha value is 0.0500. The SMILES string of the molecule is CC1(Cl)CCCCN(C(=O)Cl)C1. The summed E-state index contributed by atoms with van der Waals surface area (Å²) < 4.78 is 0. The van der Waals surface area contributed by atoms with Gasteiger partial charge >= 0.3 is 5.37 Å². The molecule has 0 aromatic rings. The third-order valence-electron chi connectivity index (χ3n) is 2.15. The van der Waals surface area contributed by atoms with Crippen molar-refractivity contribution < 1.29 is 4.79 Å². The van der Waals surface area contributed by atoms with Crippen LogP contribution in [0.3, 0.4) is 0 Å². The molecule has 1 amide bonds. The van der Waals surface area contributed by atoms with Gasteiger partial charge in [0.05, 0.1) is 4.87 Å². The molecule has 1 unspecified atom stereocenters. The Morgan fingerprint density at radius 1 is 1.50 bits per heavy atom. The third kappa shape index (κ3) is 2.83. The highest BCUT2D eigenvalue weighted by Crippen LogP contribution is 2.27. The first-order valence-electron chi connectivity index (χ1n) is 4.15. The van der Waals surface area contributed by atoms with E-state index < -0.39 is 0 Å². The molecule has 0 aromatic carbocycles. The lowest BCUT2D eigenvalue weighted by Crippen LogP contribution is -2.36. The molecule has 1 aliphatic rings. The van der Waals surface area contributed by atoms with Crippen molar-refractivity contribution in [1.82, 2.24) is 4.90 Å². The normalized spacial score (nSPS) is 31.4. The maximum Gasteiger partial charge on any atom is 0.316 e. The molecule has 12 heavy (non-hydrogen) atoms. The lowest BCUT2D eigenvalue weighted by atomic mass is 10.1. The first kappa shape index (κ1) is 10.1. The summed E-state index contributed by atoms with van der Waals surface area (Å²) in [5.41, 5.74) is 0. The smallest absolute Gasteiger partial charge is 0.316 e. The number of amides is 1. The van der Waals surface area contributed by atoms with Crippen molar-refractivity contribution in [3.8, 4) is 0 Å². The summed E-state index contributed by atoms with van der Waals surface area (Å²) in [5, 5.41) is -0.385. The molecule has 1 fully saturated rings. The number of carbonyl (C=O) groups is 1. The van der Waals surface area contributed by atoms with Crippen molar-refractivity contribution in [2.75, 3.05) is 13.1 Å². The molecule has 0 saturated carbocycles. The monoisotopic (exact) mass is 209 g/mol. The standard InChI is InChI=1S/C8H13Cl2NO/c1-8(10)4-2-3-5-11(6-8)7(9)12/h2-6H2,1H3. The minimum absolute atomic E-state index is 0.291. The van der Waals surface area contributed by atoms with Crippen molar-refractivity contribution in [3.63, 3.8) is 0 Å². The van der Waals surface area contributed by atoms with E-state index in [4.69, 9.17) is 23.2 Å². The van der Waals surface area contributed by atoms with Gasteiger partial charge in [-0.1, -0.05) is 0 Å². The Morgan fingerprint density at radius 2 is 2.17 bits per heavy atom. The number of rotatable bonds is 0. The van der Waals surface area contributed by atoms with Gasteiger partial charge in [0, 0.05) is 13.1 Å². The number of halogens is 2. The topological polar surface area (TPSA) is 20.3 Å². The van der Waals surface area contributed by atoms with Gasteiger partial charge < -0.3 is 4.90 Å². The second-order valence-electron chi connectivity index (χ2n) is 3.54. The van der Waals surface area contributed by atoms with E-state index in [9.17, 15) is 4.79 Å². The van der Waals surface area contributed by atoms with E-state index in [-0.39, 0.29) is 10.2 Å². The summed E-state index contributed by atoms with van der Waals surface area (Å²) in [5.74, 6) is 0. The first-order valence-corrected chi connectivity index (χ1v) is 4.90. The summed E-state index contributed by atoms with van der Waals surface area (Å²) in [6.07, 6.45) is 3.02. The van der Waals surface area contributed by atoms with Gasteiger partial charge in [-0.2, -0.15) is 0 Å². The lowest BCUT2D eigenvalue weighted by molar-refractivity contribution is 0.220. The summed E-state index contributed by atoms with van der Waals surface area (Å²) in [7, 11) is 0. The fraction of sp³-hybridized carbons (Fsp3) is 0.875. The summed E-state index contributed by atoms with van der Waals surface area (Å²) in [4.78, 5) is 12.2. The predicted octanol–water partition coefficient (Wildman–Crippen LogP) is 2.83. The van der Waals surface area contributed by atoms with E-state index in [2.05, 4.69) is 0 Å². The van der Waals surface area contributed by atoms with Crippen molar-refractivity contribution >= 4 is 28.6 Å². The minimum Gasteiger partial charge on any atom is -0.327 e. The van der Waals surface area contributed by atoms with E-state index in [1.54, 1.807) is 4.90 Å². The molecular formula is C8H13Cl2NO. The average Bonchev–Trinajstić information content (AvgIpc) is 2.10. The Kier molecular flexibility index (Phi) is 3.24. The van der Waals surface area contributed by atoms with Crippen LogP contribution < -0.4 is 0 Å². The molecule has 4 heteroatoms. The molecule has 1 rings (SSSR count). The van der Waals surface area contributed by atoms with Crippen molar-refractivity contribution in [2.45, 2.75) is 31.1 Å². The fourth-order valence-corrected chi connectivity index (χ4v) is 1.92. The maximum atomic E-state index is 10.9. The molecule has 0 aliphatic carbocycles. The van der Waals surface area contributed by atoms with Gasteiger partial charge in [-0.15, -0.1) is 11.6 Å². The fourth-order valence-electron chi connectivity index (χ4n) is 1.50. The lowest BCUT2D eigenvalue weighted by Gasteiger charge is -2.25. The molecule has 1 aliphatic heterocycles. The Labute approximate surface area is 82.8 Å². The van der Waals surface area contributed by atoms with Crippen LogP contribution in [-0.4, -0.2) is 28.2 Å². The van der Waals surface area contributed by atoms with E-state index in [1.165, 1.54) is 0 Å². The molecule has 0 radical (unpaired) electrons.